The number of carbonyl (C=O) groups is 1. The normalized spacial score (nSPS) is 21.0. The van der Waals surface area contributed by atoms with E-state index >= 15 is 0 Å². The summed E-state index contributed by atoms with van der Waals surface area (Å²) in [6.07, 6.45) is 0. The molecule has 0 spiro atoms. The van der Waals surface area contributed by atoms with Gasteiger partial charge in [0.15, 0.2) is 0 Å². The van der Waals surface area contributed by atoms with Gasteiger partial charge in [-0.15, -0.1) is 11.3 Å². The fourth-order valence-corrected chi connectivity index (χ4v) is 9.64. The lowest BCUT2D eigenvalue weighted by Gasteiger charge is -2.38. The van der Waals surface area contributed by atoms with Gasteiger partial charge in [-0.05, 0) is 80.6 Å². The predicted molar refractivity (Wildman–Crippen MR) is 156 cm³/mol. The molecule has 0 aliphatic carbocycles. The molecule has 3 aromatic rings. The highest BCUT2D eigenvalue weighted by atomic mass is 79.9. The SMILES string of the molecule is Cc1ccc(N2CCN(C(=O)C3CN(S(=O)(=O)c4cc(Br)c(Br)s4)CC3c3ccccc3)CC2)cc1C. The molecule has 2 aliphatic rings. The Morgan fingerprint density at radius 3 is 2.24 bits per heavy atom. The van der Waals surface area contributed by atoms with Crippen LogP contribution in [-0.4, -0.2) is 62.8 Å². The lowest BCUT2D eigenvalue weighted by molar-refractivity contribution is -0.135. The quantitative estimate of drug-likeness (QED) is 0.354. The van der Waals surface area contributed by atoms with E-state index in [-0.39, 0.29) is 22.6 Å². The standard InChI is InChI=1S/C27H29Br2N3O3S2/c1-18-8-9-21(14-19(18)2)30-10-12-31(13-11-30)27(33)23-17-32(16-22(23)20-6-4-3-5-7-20)37(34,35)25-15-24(28)26(29)36-25/h3-9,14-15,22-23H,10-13,16-17H2,1-2H3. The molecule has 37 heavy (non-hydrogen) atoms. The summed E-state index contributed by atoms with van der Waals surface area (Å²) in [5.74, 6) is -0.565. The molecule has 2 unspecified atom stereocenters. The van der Waals surface area contributed by atoms with Crippen LogP contribution < -0.4 is 4.90 Å². The van der Waals surface area contributed by atoms with Gasteiger partial charge in [-0.3, -0.25) is 4.79 Å². The van der Waals surface area contributed by atoms with E-state index in [9.17, 15) is 13.2 Å². The van der Waals surface area contributed by atoms with Crippen LogP contribution in [-0.2, 0) is 14.8 Å². The zero-order valence-electron chi connectivity index (χ0n) is 20.7. The third kappa shape index (κ3) is 5.41. The number of aryl methyl sites for hydroxylation is 2. The maximum atomic E-state index is 13.9. The van der Waals surface area contributed by atoms with Gasteiger partial charge in [0, 0.05) is 55.3 Å². The van der Waals surface area contributed by atoms with E-state index in [0.717, 1.165) is 22.4 Å². The number of hydrogen-bond donors (Lipinski definition) is 0. The van der Waals surface area contributed by atoms with E-state index < -0.39 is 15.9 Å². The van der Waals surface area contributed by atoms with E-state index in [1.807, 2.05) is 35.2 Å². The first-order valence-corrected chi connectivity index (χ1v) is 16.1. The van der Waals surface area contributed by atoms with Crippen molar-refractivity contribution in [2.24, 2.45) is 5.92 Å². The minimum absolute atomic E-state index is 0.0415. The van der Waals surface area contributed by atoms with E-state index in [0.29, 0.717) is 24.1 Å². The monoisotopic (exact) mass is 665 g/mol. The highest BCUT2D eigenvalue weighted by Gasteiger charge is 2.45. The van der Waals surface area contributed by atoms with Gasteiger partial charge in [0.05, 0.1) is 9.70 Å². The molecule has 6 nitrogen and oxygen atoms in total. The molecular formula is C27H29Br2N3O3S2. The van der Waals surface area contributed by atoms with Crippen molar-refractivity contribution in [3.8, 4) is 0 Å². The smallest absolute Gasteiger partial charge is 0.252 e. The largest absolute Gasteiger partial charge is 0.368 e. The minimum atomic E-state index is -3.72. The number of anilines is 1. The lowest BCUT2D eigenvalue weighted by Crippen LogP contribution is -2.51. The summed E-state index contributed by atoms with van der Waals surface area (Å²) in [7, 11) is -3.72. The Morgan fingerprint density at radius 1 is 0.919 bits per heavy atom. The Bertz CT molecular complexity index is 1380. The summed E-state index contributed by atoms with van der Waals surface area (Å²) < 4.78 is 30.3. The van der Waals surface area contributed by atoms with Gasteiger partial charge >= 0.3 is 0 Å². The molecule has 0 bridgehead atoms. The fourth-order valence-electron chi connectivity index (χ4n) is 5.18. The van der Waals surface area contributed by atoms with Crippen molar-refractivity contribution in [2.45, 2.75) is 24.0 Å². The molecule has 10 heteroatoms. The molecule has 2 atom stereocenters. The number of amides is 1. The fraction of sp³-hybridized carbons (Fsp3) is 0.370. The predicted octanol–water partition coefficient (Wildman–Crippen LogP) is 5.64. The van der Waals surface area contributed by atoms with Crippen LogP contribution in [0.5, 0.6) is 0 Å². The summed E-state index contributed by atoms with van der Waals surface area (Å²) >= 11 is 7.99. The summed E-state index contributed by atoms with van der Waals surface area (Å²) in [6.45, 7) is 7.48. The minimum Gasteiger partial charge on any atom is -0.368 e. The number of benzene rings is 2. The number of carbonyl (C=O) groups excluding carboxylic acids is 1. The summed E-state index contributed by atoms with van der Waals surface area (Å²) in [6, 6.07) is 18.0. The Kier molecular flexibility index (Phi) is 7.85. The number of hydrogen-bond acceptors (Lipinski definition) is 5. The average molecular weight is 667 g/mol. The second kappa shape index (κ2) is 10.8. The molecule has 3 heterocycles. The van der Waals surface area contributed by atoms with Crippen molar-refractivity contribution >= 4 is 64.8 Å². The van der Waals surface area contributed by atoms with Crippen molar-refractivity contribution < 1.29 is 13.2 Å². The van der Waals surface area contributed by atoms with Crippen LogP contribution in [0.2, 0.25) is 0 Å². The zero-order valence-corrected chi connectivity index (χ0v) is 25.5. The van der Waals surface area contributed by atoms with Crippen LogP contribution in [0.1, 0.15) is 22.6 Å². The first-order chi connectivity index (χ1) is 17.6. The van der Waals surface area contributed by atoms with Gasteiger partial charge in [-0.2, -0.15) is 4.31 Å². The maximum absolute atomic E-state index is 13.9. The Balaban J connectivity index is 1.35. The highest BCUT2D eigenvalue weighted by molar-refractivity contribution is 9.13. The molecule has 5 rings (SSSR count). The lowest BCUT2D eigenvalue weighted by atomic mass is 9.88. The molecule has 0 N–H and O–H groups in total. The van der Waals surface area contributed by atoms with Gasteiger partial charge in [0.2, 0.25) is 5.91 Å². The van der Waals surface area contributed by atoms with Gasteiger partial charge in [0.25, 0.3) is 10.0 Å². The van der Waals surface area contributed by atoms with Crippen molar-refractivity contribution in [3.05, 3.63) is 79.5 Å². The number of nitrogens with zero attached hydrogens (tertiary/aromatic N) is 3. The van der Waals surface area contributed by atoms with Crippen LogP contribution in [0.4, 0.5) is 5.69 Å². The van der Waals surface area contributed by atoms with Crippen LogP contribution in [0, 0.1) is 19.8 Å². The molecule has 2 aromatic carbocycles. The topological polar surface area (TPSA) is 60.9 Å². The van der Waals surface area contributed by atoms with E-state index in [4.69, 9.17) is 0 Å². The second-order valence-electron chi connectivity index (χ2n) is 9.71. The molecule has 2 fully saturated rings. The number of thiophene rings is 1. The van der Waals surface area contributed by atoms with Gasteiger partial charge in [-0.25, -0.2) is 8.42 Å². The molecule has 0 saturated carbocycles. The van der Waals surface area contributed by atoms with E-state index in [1.54, 1.807) is 6.07 Å². The molecule has 0 radical (unpaired) electrons. The van der Waals surface area contributed by atoms with Crippen LogP contribution >= 0.6 is 43.2 Å². The molecule has 2 aliphatic heterocycles. The number of halogens is 2. The molecule has 1 amide bonds. The maximum Gasteiger partial charge on any atom is 0.252 e. The Hall–Kier alpha value is -1.72. The van der Waals surface area contributed by atoms with E-state index in [1.165, 1.54) is 32.5 Å². The first kappa shape index (κ1) is 26.9. The van der Waals surface area contributed by atoms with Crippen molar-refractivity contribution in [1.82, 2.24) is 9.21 Å². The third-order valence-corrected chi connectivity index (χ3v) is 13.0. The first-order valence-electron chi connectivity index (χ1n) is 12.3. The number of piperazine rings is 1. The average Bonchev–Trinajstić information content (AvgIpc) is 3.50. The Morgan fingerprint density at radius 2 is 1.62 bits per heavy atom. The third-order valence-electron chi connectivity index (χ3n) is 7.49. The molecule has 1 aromatic heterocycles. The molecule has 2 saturated heterocycles. The Labute approximate surface area is 239 Å². The number of sulfonamides is 1. The van der Waals surface area contributed by atoms with Crippen LogP contribution in [0.3, 0.4) is 0 Å². The summed E-state index contributed by atoms with van der Waals surface area (Å²) in [5, 5.41) is 0. The highest BCUT2D eigenvalue weighted by Crippen LogP contribution is 2.41. The molecule has 196 valence electrons. The zero-order chi connectivity index (χ0) is 26.3. The van der Waals surface area contributed by atoms with Crippen LogP contribution in [0.25, 0.3) is 0 Å². The van der Waals surface area contributed by atoms with Crippen molar-refractivity contribution in [3.63, 3.8) is 0 Å². The van der Waals surface area contributed by atoms with Crippen LogP contribution in [0.15, 0.2) is 67.1 Å². The van der Waals surface area contributed by atoms with Gasteiger partial charge in [-0.1, -0.05) is 36.4 Å². The van der Waals surface area contributed by atoms with Crippen molar-refractivity contribution in [1.29, 1.82) is 0 Å². The van der Waals surface area contributed by atoms with Gasteiger partial charge in [0.1, 0.15) is 4.21 Å². The summed E-state index contributed by atoms with van der Waals surface area (Å²) in [5.41, 5.74) is 4.72. The van der Waals surface area contributed by atoms with Crippen molar-refractivity contribution in [2.75, 3.05) is 44.2 Å². The van der Waals surface area contributed by atoms with Gasteiger partial charge < -0.3 is 9.80 Å². The second-order valence-corrected chi connectivity index (χ2v) is 15.1. The molecular weight excluding hydrogens is 638 g/mol. The summed E-state index contributed by atoms with van der Waals surface area (Å²) in [4.78, 5) is 18.1. The van der Waals surface area contributed by atoms with E-state index in [2.05, 4.69) is 68.8 Å². The number of rotatable bonds is 5.